The molecule has 0 saturated carbocycles. The smallest absolute Gasteiger partial charge is 0.352 e. The second-order valence-corrected chi connectivity index (χ2v) is 6.50. The van der Waals surface area contributed by atoms with Gasteiger partial charge in [-0.05, 0) is 63.9 Å². The lowest BCUT2D eigenvalue weighted by Crippen LogP contribution is -2.27. The number of carbonyl (C=O) groups is 2. The molecule has 5 nitrogen and oxygen atoms in total. The zero-order valence-corrected chi connectivity index (χ0v) is 13.6. The number of aromatic nitrogens is 1. The van der Waals surface area contributed by atoms with Crippen LogP contribution in [0.3, 0.4) is 0 Å². The largest absolute Gasteiger partial charge is 0.477 e. The maximum absolute atomic E-state index is 12.1. The van der Waals surface area contributed by atoms with Crippen LogP contribution < -0.4 is 0 Å². The van der Waals surface area contributed by atoms with Crippen LogP contribution in [0.5, 0.6) is 0 Å². The van der Waals surface area contributed by atoms with Crippen LogP contribution in [-0.2, 0) is 16.1 Å². The van der Waals surface area contributed by atoms with Crippen molar-refractivity contribution in [1.29, 1.82) is 0 Å². The maximum Gasteiger partial charge on any atom is 0.352 e. The highest BCUT2D eigenvalue weighted by Gasteiger charge is 2.21. The molecular weight excluding hydrogens is 282 g/mol. The fourth-order valence-electron chi connectivity index (χ4n) is 2.38. The van der Waals surface area contributed by atoms with E-state index in [0.29, 0.717) is 0 Å². The zero-order chi connectivity index (χ0) is 16.7. The van der Waals surface area contributed by atoms with Gasteiger partial charge in [0.25, 0.3) is 0 Å². The lowest BCUT2D eigenvalue weighted by atomic mass is 10.1. The van der Waals surface area contributed by atoms with Gasteiger partial charge in [-0.25, -0.2) is 4.79 Å². The summed E-state index contributed by atoms with van der Waals surface area (Å²) in [7, 11) is 0. The molecule has 0 bridgehead atoms. The summed E-state index contributed by atoms with van der Waals surface area (Å²) in [6.45, 7) is 9.16. The molecule has 1 heterocycles. The number of hydrogen-bond acceptors (Lipinski definition) is 3. The number of fused-ring (bicyclic) bond motifs is 1. The number of nitrogens with zero attached hydrogens (tertiary/aromatic N) is 1. The Morgan fingerprint density at radius 1 is 1.14 bits per heavy atom. The minimum atomic E-state index is -1.06. The number of aromatic carboxylic acids is 1. The highest BCUT2D eigenvalue weighted by molar-refractivity contribution is 5.96. The molecule has 118 valence electrons. The van der Waals surface area contributed by atoms with E-state index in [1.807, 2.05) is 26.0 Å². The third-order valence-electron chi connectivity index (χ3n) is 3.44. The molecule has 2 rings (SSSR count). The molecule has 0 unspecified atom stereocenters. The zero-order valence-electron chi connectivity index (χ0n) is 13.6. The van der Waals surface area contributed by atoms with E-state index in [9.17, 15) is 14.7 Å². The summed E-state index contributed by atoms with van der Waals surface area (Å²) >= 11 is 0. The summed E-state index contributed by atoms with van der Waals surface area (Å²) in [6.07, 6.45) is 0. The number of rotatable bonds is 3. The number of esters is 1. The Bertz CT molecular complexity index is 750. The van der Waals surface area contributed by atoms with Crippen molar-refractivity contribution >= 4 is 22.8 Å². The summed E-state index contributed by atoms with van der Waals surface area (Å²) in [6, 6.07) is 5.43. The molecule has 0 aliphatic heterocycles. The van der Waals surface area contributed by atoms with Crippen molar-refractivity contribution in [3.05, 3.63) is 35.0 Å². The molecule has 0 fully saturated rings. The molecule has 22 heavy (non-hydrogen) atoms. The summed E-state index contributed by atoms with van der Waals surface area (Å²) in [5.74, 6) is -1.51. The Balaban J connectivity index is 2.50. The summed E-state index contributed by atoms with van der Waals surface area (Å²) in [4.78, 5) is 23.5. The van der Waals surface area contributed by atoms with Crippen LogP contribution in [-0.4, -0.2) is 27.2 Å². The van der Waals surface area contributed by atoms with Gasteiger partial charge >= 0.3 is 11.9 Å². The van der Waals surface area contributed by atoms with Gasteiger partial charge in [-0.1, -0.05) is 0 Å². The molecule has 0 radical (unpaired) electrons. The number of benzene rings is 1. The van der Waals surface area contributed by atoms with E-state index in [1.165, 1.54) is 4.57 Å². The molecule has 1 aromatic carbocycles. The molecule has 0 aliphatic rings. The number of carboxylic acids is 1. The van der Waals surface area contributed by atoms with Gasteiger partial charge in [-0.3, -0.25) is 4.79 Å². The molecule has 0 saturated heterocycles. The van der Waals surface area contributed by atoms with Crippen LogP contribution in [0.25, 0.3) is 10.9 Å². The first-order chi connectivity index (χ1) is 10.1. The van der Waals surface area contributed by atoms with Gasteiger partial charge < -0.3 is 14.4 Å². The standard InChI is InChI=1S/C17H21NO4/c1-10-6-12-8-14(16(20)21)18(13(12)7-11(10)2)9-15(19)22-17(3,4)5/h6-8H,9H2,1-5H3,(H,20,21). The van der Waals surface area contributed by atoms with E-state index >= 15 is 0 Å². The van der Waals surface area contributed by atoms with E-state index in [-0.39, 0.29) is 12.2 Å². The topological polar surface area (TPSA) is 68.5 Å². The van der Waals surface area contributed by atoms with Gasteiger partial charge in [0.05, 0.1) is 0 Å². The lowest BCUT2D eigenvalue weighted by molar-refractivity contribution is -0.155. The molecule has 0 aliphatic carbocycles. The number of hydrogen-bond donors (Lipinski definition) is 1. The number of carbonyl (C=O) groups excluding carboxylic acids is 1. The van der Waals surface area contributed by atoms with E-state index in [0.717, 1.165) is 22.0 Å². The first-order valence-corrected chi connectivity index (χ1v) is 7.14. The minimum Gasteiger partial charge on any atom is -0.477 e. The van der Waals surface area contributed by atoms with E-state index in [4.69, 9.17) is 4.74 Å². The van der Waals surface area contributed by atoms with Crippen LogP contribution >= 0.6 is 0 Å². The predicted molar refractivity (Wildman–Crippen MR) is 84.2 cm³/mol. The van der Waals surface area contributed by atoms with E-state index < -0.39 is 17.5 Å². The highest BCUT2D eigenvalue weighted by Crippen LogP contribution is 2.24. The lowest BCUT2D eigenvalue weighted by Gasteiger charge is -2.20. The van der Waals surface area contributed by atoms with Gasteiger partial charge in [-0.15, -0.1) is 0 Å². The maximum atomic E-state index is 12.1. The van der Waals surface area contributed by atoms with Crippen LogP contribution in [0.1, 0.15) is 42.4 Å². The molecule has 1 aromatic heterocycles. The van der Waals surface area contributed by atoms with Gasteiger partial charge in [0.15, 0.2) is 0 Å². The fourth-order valence-corrected chi connectivity index (χ4v) is 2.38. The summed E-state index contributed by atoms with van der Waals surface area (Å²) < 4.78 is 6.79. The van der Waals surface area contributed by atoms with E-state index in [2.05, 4.69) is 0 Å². The van der Waals surface area contributed by atoms with E-state index in [1.54, 1.807) is 26.8 Å². The van der Waals surface area contributed by atoms with Crippen molar-refractivity contribution in [3.8, 4) is 0 Å². The SMILES string of the molecule is Cc1cc2cc(C(=O)O)n(CC(=O)OC(C)(C)C)c2cc1C. The molecule has 0 spiro atoms. The first-order valence-electron chi connectivity index (χ1n) is 7.14. The normalized spacial score (nSPS) is 11.7. The molecule has 5 heteroatoms. The monoisotopic (exact) mass is 303 g/mol. The van der Waals surface area contributed by atoms with Gasteiger partial charge in [0, 0.05) is 10.9 Å². The molecule has 0 amide bonds. The van der Waals surface area contributed by atoms with Crippen molar-refractivity contribution in [2.24, 2.45) is 0 Å². The summed E-state index contributed by atoms with van der Waals surface area (Å²) in [5.41, 5.74) is 2.35. The second-order valence-electron chi connectivity index (χ2n) is 6.50. The van der Waals surface area contributed by atoms with Crippen molar-refractivity contribution in [3.63, 3.8) is 0 Å². The van der Waals surface area contributed by atoms with Crippen molar-refractivity contribution in [2.45, 2.75) is 46.8 Å². The van der Waals surface area contributed by atoms with Crippen molar-refractivity contribution < 1.29 is 19.4 Å². The highest BCUT2D eigenvalue weighted by atomic mass is 16.6. The van der Waals surface area contributed by atoms with Gasteiger partial charge in [-0.2, -0.15) is 0 Å². The van der Waals surface area contributed by atoms with Gasteiger partial charge in [0.2, 0.25) is 0 Å². The second kappa shape index (κ2) is 5.48. The van der Waals surface area contributed by atoms with Crippen molar-refractivity contribution in [2.75, 3.05) is 0 Å². The number of carboxylic acid groups (broad SMARTS) is 1. The van der Waals surface area contributed by atoms with Gasteiger partial charge in [0.1, 0.15) is 17.8 Å². The average Bonchev–Trinajstić information content (AvgIpc) is 2.66. The molecule has 1 N–H and O–H groups in total. The Morgan fingerprint density at radius 3 is 2.27 bits per heavy atom. The average molecular weight is 303 g/mol. The predicted octanol–water partition coefficient (Wildman–Crippen LogP) is 3.30. The van der Waals surface area contributed by atoms with Crippen LogP contribution in [0.2, 0.25) is 0 Å². The molecule has 2 aromatic rings. The minimum absolute atomic E-state index is 0.0888. The Hall–Kier alpha value is -2.30. The number of ether oxygens (including phenoxy) is 1. The fraction of sp³-hybridized carbons (Fsp3) is 0.412. The quantitative estimate of drug-likeness (QED) is 0.883. The third kappa shape index (κ3) is 3.30. The Morgan fingerprint density at radius 2 is 1.73 bits per heavy atom. The Kier molecular flexibility index (Phi) is 4.00. The van der Waals surface area contributed by atoms with Crippen LogP contribution in [0.15, 0.2) is 18.2 Å². The van der Waals surface area contributed by atoms with Crippen LogP contribution in [0.4, 0.5) is 0 Å². The first kappa shape index (κ1) is 16.1. The molecule has 0 atom stereocenters. The summed E-state index contributed by atoms with van der Waals surface area (Å²) in [5, 5.41) is 10.2. The Labute approximate surface area is 129 Å². The van der Waals surface area contributed by atoms with Crippen molar-refractivity contribution in [1.82, 2.24) is 4.57 Å². The third-order valence-corrected chi connectivity index (χ3v) is 3.44. The molecular formula is C17H21NO4. The van der Waals surface area contributed by atoms with Crippen LogP contribution in [0, 0.1) is 13.8 Å². The number of aryl methyl sites for hydroxylation is 2.